The van der Waals surface area contributed by atoms with Crippen LogP contribution in [0.25, 0.3) is 0 Å². The SMILES string of the molecule is Cc1cc(Br)ccc1NC(=O)NC(C)Oc1ccc(O)cc1. The van der Waals surface area contributed by atoms with Gasteiger partial charge in [0, 0.05) is 10.2 Å². The van der Waals surface area contributed by atoms with Crippen LogP contribution in [0, 0.1) is 6.92 Å². The van der Waals surface area contributed by atoms with Crippen LogP contribution in [0.15, 0.2) is 46.9 Å². The summed E-state index contributed by atoms with van der Waals surface area (Å²) in [7, 11) is 0. The first kappa shape index (κ1) is 16.2. The fourth-order valence-corrected chi connectivity index (χ4v) is 2.34. The van der Waals surface area contributed by atoms with E-state index in [1.54, 1.807) is 19.1 Å². The number of ether oxygens (including phenoxy) is 1. The molecule has 0 radical (unpaired) electrons. The number of phenols is 1. The van der Waals surface area contributed by atoms with Gasteiger partial charge in [-0.3, -0.25) is 0 Å². The van der Waals surface area contributed by atoms with Gasteiger partial charge in [-0.1, -0.05) is 15.9 Å². The summed E-state index contributed by atoms with van der Waals surface area (Å²) < 4.78 is 6.49. The molecule has 2 aromatic carbocycles. The lowest BCUT2D eigenvalue weighted by atomic mass is 10.2. The Morgan fingerprint density at radius 2 is 1.91 bits per heavy atom. The summed E-state index contributed by atoms with van der Waals surface area (Å²) in [6.45, 7) is 3.64. The molecule has 0 aliphatic rings. The molecule has 2 aromatic rings. The van der Waals surface area contributed by atoms with Crippen molar-refractivity contribution in [2.45, 2.75) is 20.1 Å². The zero-order valence-electron chi connectivity index (χ0n) is 12.3. The normalized spacial score (nSPS) is 11.6. The molecule has 2 rings (SSSR count). The number of nitrogens with one attached hydrogen (secondary N) is 2. The molecular formula is C16H17BrN2O3. The first-order chi connectivity index (χ1) is 10.4. The van der Waals surface area contributed by atoms with Crippen LogP contribution in [-0.2, 0) is 0 Å². The van der Waals surface area contributed by atoms with Crippen LogP contribution in [-0.4, -0.2) is 17.4 Å². The Balaban J connectivity index is 1.89. The van der Waals surface area contributed by atoms with E-state index in [0.29, 0.717) is 5.75 Å². The highest BCUT2D eigenvalue weighted by Crippen LogP contribution is 2.20. The largest absolute Gasteiger partial charge is 0.508 e. The molecule has 22 heavy (non-hydrogen) atoms. The second kappa shape index (κ2) is 7.17. The molecule has 1 unspecified atom stereocenters. The molecular weight excluding hydrogens is 348 g/mol. The van der Waals surface area contributed by atoms with Gasteiger partial charge in [0.1, 0.15) is 11.5 Å². The van der Waals surface area contributed by atoms with Crippen molar-refractivity contribution in [3.63, 3.8) is 0 Å². The molecule has 6 heteroatoms. The molecule has 0 saturated carbocycles. The molecule has 0 heterocycles. The minimum atomic E-state index is -0.514. The topological polar surface area (TPSA) is 70.6 Å². The number of hydrogen-bond acceptors (Lipinski definition) is 3. The number of aromatic hydroxyl groups is 1. The van der Waals surface area contributed by atoms with Crippen molar-refractivity contribution in [1.82, 2.24) is 5.32 Å². The Kier molecular flexibility index (Phi) is 5.27. The highest BCUT2D eigenvalue weighted by Gasteiger charge is 2.10. The third-order valence-corrected chi connectivity index (χ3v) is 3.41. The second-order valence-electron chi connectivity index (χ2n) is 4.81. The first-order valence-electron chi connectivity index (χ1n) is 6.73. The molecule has 0 spiro atoms. The Labute approximate surface area is 137 Å². The number of carbonyl (C=O) groups is 1. The van der Waals surface area contributed by atoms with Gasteiger partial charge in [0.25, 0.3) is 0 Å². The van der Waals surface area contributed by atoms with E-state index in [-0.39, 0.29) is 11.8 Å². The lowest BCUT2D eigenvalue weighted by Gasteiger charge is -2.17. The Morgan fingerprint density at radius 3 is 2.55 bits per heavy atom. The van der Waals surface area contributed by atoms with Gasteiger partial charge in [0.2, 0.25) is 0 Å². The monoisotopic (exact) mass is 364 g/mol. The molecule has 3 N–H and O–H groups in total. The van der Waals surface area contributed by atoms with E-state index >= 15 is 0 Å². The average molecular weight is 365 g/mol. The molecule has 5 nitrogen and oxygen atoms in total. The summed E-state index contributed by atoms with van der Waals surface area (Å²) in [6, 6.07) is 11.6. The summed E-state index contributed by atoms with van der Waals surface area (Å²) in [5.41, 5.74) is 1.69. The number of aryl methyl sites for hydroxylation is 1. The summed E-state index contributed by atoms with van der Waals surface area (Å²) in [5, 5.41) is 14.7. The molecule has 1 atom stereocenters. The van der Waals surface area contributed by atoms with Gasteiger partial charge in [-0.2, -0.15) is 0 Å². The Hall–Kier alpha value is -2.21. The van der Waals surface area contributed by atoms with Gasteiger partial charge in [-0.25, -0.2) is 4.79 Å². The van der Waals surface area contributed by atoms with E-state index in [0.717, 1.165) is 15.7 Å². The van der Waals surface area contributed by atoms with E-state index in [9.17, 15) is 9.90 Å². The standard InChI is InChI=1S/C16H17BrN2O3/c1-10-9-12(17)3-8-15(10)19-16(21)18-11(2)22-14-6-4-13(20)5-7-14/h3-9,11,20H,1-2H3,(H2,18,19,21). The van der Waals surface area contributed by atoms with Gasteiger partial charge in [0.15, 0.2) is 6.23 Å². The lowest BCUT2D eigenvalue weighted by molar-refractivity contribution is 0.183. The molecule has 116 valence electrons. The van der Waals surface area contributed by atoms with Crippen molar-refractivity contribution in [3.05, 3.63) is 52.5 Å². The van der Waals surface area contributed by atoms with Gasteiger partial charge >= 0.3 is 6.03 Å². The number of phenolic OH excluding ortho intramolecular Hbond substituents is 1. The van der Waals surface area contributed by atoms with Crippen molar-refractivity contribution in [2.75, 3.05) is 5.32 Å². The van der Waals surface area contributed by atoms with E-state index in [1.807, 2.05) is 25.1 Å². The Morgan fingerprint density at radius 1 is 1.23 bits per heavy atom. The molecule has 0 aromatic heterocycles. The highest BCUT2D eigenvalue weighted by atomic mass is 79.9. The van der Waals surface area contributed by atoms with Crippen LogP contribution in [0.4, 0.5) is 10.5 Å². The lowest BCUT2D eigenvalue weighted by Crippen LogP contribution is -2.39. The maximum absolute atomic E-state index is 12.0. The number of halogens is 1. The number of urea groups is 1. The minimum absolute atomic E-state index is 0.163. The molecule has 2 amide bonds. The maximum Gasteiger partial charge on any atom is 0.322 e. The predicted molar refractivity (Wildman–Crippen MR) is 89.2 cm³/mol. The summed E-state index contributed by atoms with van der Waals surface area (Å²) in [6.07, 6.45) is -0.514. The van der Waals surface area contributed by atoms with Crippen LogP contribution in [0.3, 0.4) is 0 Å². The van der Waals surface area contributed by atoms with Gasteiger partial charge in [-0.05, 0) is 61.9 Å². The first-order valence-corrected chi connectivity index (χ1v) is 7.52. The quantitative estimate of drug-likeness (QED) is 0.717. The van der Waals surface area contributed by atoms with Crippen molar-refractivity contribution in [2.24, 2.45) is 0 Å². The smallest absolute Gasteiger partial charge is 0.322 e. The summed E-state index contributed by atoms with van der Waals surface area (Å²) in [5.74, 6) is 0.724. The fourth-order valence-electron chi connectivity index (χ4n) is 1.87. The molecule has 0 aliphatic carbocycles. The van der Waals surface area contributed by atoms with Crippen LogP contribution in [0.1, 0.15) is 12.5 Å². The summed E-state index contributed by atoms with van der Waals surface area (Å²) in [4.78, 5) is 12.0. The predicted octanol–water partition coefficient (Wildman–Crippen LogP) is 4.01. The maximum atomic E-state index is 12.0. The third-order valence-electron chi connectivity index (χ3n) is 2.92. The number of rotatable bonds is 4. The number of amides is 2. The van der Waals surface area contributed by atoms with Crippen molar-refractivity contribution in [3.8, 4) is 11.5 Å². The van der Waals surface area contributed by atoms with Crippen molar-refractivity contribution >= 4 is 27.6 Å². The second-order valence-corrected chi connectivity index (χ2v) is 5.73. The van der Waals surface area contributed by atoms with Gasteiger partial charge in [-0.15, -0.1) is 0 Å². The van der Waals surface area contributed by atoms with Gasteiger partial charge < -0.3 is 20.5 Å². The van der Waals surface area contributed by atoms with E-state index in [4.69, 9.17) is 4.74 Å². The molecule has 0 fully saturated rings. The highest BCUT2D eigenvalue weighted by molar-refractivity contribution is 9.10. The van der Waals surface area contributed by atoms with Crippen LogP contribution >= 0.6 is 15.9 Å². The van der Waals surface area contributed by atoms with E-state index < -0.39 is 6.23 Å². The number of benzene rings is 2. The van der Waals surface area contributed by atoms with Gasteiger partial charge in [0.05, 0.1) is 0 Å². The molecule has 0 bridgehead atoms. The number of anilines is 1. The van der Waals surface area contributed by atoms with E-state index in [2.05, 4.69) is 26.6 Å². The zero-order valence-corrected chi connectivity index (χ0v) is 13.8. The van der Waals surface area contributed by atoms with Crippen molar-refractivity contribution < 1.29 is 14.6 Å². The van der Waals surface area contributed by atoms with Crippen LogP contribution in [0.2, 0.25) is 0 Å². The third kappa shape index (κ3) is 4.66. The molecule has 0 saturated heterocycles. The average Bonchev–Trinajstić information content (AvgIpc) is 2.44. The van der Waals surface area contributed by atoms with E-state index in [1.165, 1.54) is 12.1 Å². The molecule has 0 aliphatic heterocycles. The Bertz CT molecular complexity index is 659. The van der Waals surface area contributed by atoms with Crippen LogP contribution in [0.5, 0.6) is 11.5 Å². The van der Waals surface area contributed by atoms with Crippen LogP contribution < -0.4 is 15.4 Å². The minimum Gasteiger partial charge on any atom is -0.508 e. The van der Waals surface area contributed by atoms with Crippen molar-refractivity contribution in [1.29, 1.82) is 0 Å². The number of hydrogen-bond donors (Lipinski definition) is 3. The summed E-state index contributed by atoms with van der Waals surface area (Å²) >= 11 is 3.38. The zero-order chi connectivity index (χ0) is 16.1. The fraction of sp³-hybridized carbons (Fsp3) is 0.188. The number of carbonyl (C=O) groups excluding carboxylic acids is 1.